The van der Waals surface area contributed by atoms with E-state index in [1.54, 1.807) is 18.2 Å². The average molecular weight is 409 g/mol. The number of nitrogens with zero attached hydrogens (tertiary/aromatic N) is 1. The first kappa shape index (κ1) is 21.7. The van der Waals surface area contributed by atoms with Crippen LogP contribution in [0.5, 0.6) is 11.5 Å². The van der Waals surface area contributed by atoms with Gasteiger partial charge in [0.05, 0.1) is 25.5 Å². The molecule has 7 nitrogen and oxygen atoms in total. The number of halogens is 3. The first-order valence-corrected chi connectivity index (χ1v) is 8.37. The summed E-state index contributed by atoms with van der Waals surface area (Å²) in [6, 6.07) is 8.86. The number of carbonyl (C=O) groups is 2. The molecule has 0 heterocycles. The topological polar surface area (TPSA) is 89.0 Å². The molecule has 2 aromatic rings. The van der Waals surface area contributed by atoms with Crippen LogP contribution in [0.4, 0.5) is 18.9 Å². The van der Waals surface area contributed by atoms with Crippen molar-refractivity contribution in [1.82, 2.24) is 5.43 Å². The summed E-state index contributed by atoms with van der Waals surface area (Å²) >= 11 is 0. The lowest BCUT2D eigenvalue weighted by Crippen LogP contribution is -2.32. The normalized spacial score (nSPS) is 11.2. The van der Waals surface area contributed by atoms with Gasteiger partial charge in [-0.3, -0.25) is 9.59 Å². The number of carbonyl (C=O) groups excluding carboxylic acids is 2. The molecule has 10 heteroatoms. The molecule has 2 rings (SSSR count). The molecule has 0 bridgehead atoms. The predicted octanol–water partition coefficient (Wildman–Crippen LogP) is 3.20. The van der Waals surface area contributed by atoms with Crippen molar-refractivity contribution < 1.29 is 32.2 Å². The lowest BCUT2D eigenvalue weighted by atomic mass is 10.2. The zero-order valence-corrected chi connectivity index (χ0v) is 15.5. The number of benzene rings is 2. The summed E-state index contributed by atoms with van der Waals surface area (Å²) in [7, 11) is 1.47. The molecule has 2 amide bonds. The Hall–Kier alpha value is -3.56. The molecule has 0 aromatic heterocycles. The summed E-state index contributed by atoms with van der Waals surface area (Å²) in [6.45, 7) is 2.29. The van der Waals surface area contributed by atoms with Crippen LogP contribution in [0.2, 0.25) is 0 Å². The molecular formula is C19H18F3N3O4. The van der Waals surface area contributed by atoms with Crippen LogP contribution in [0.25, 0.3) is 0 Å². The molecule has 2 aromatic carbocycles. The largest absolute Gasteiger partial charge is 0.493 e. The highest BCUT2D eigenvalue weighted by Gasteiger charge is 2.30. The Morgan fingerprint density at radius 1 is 1.10 bits per heavy atom. The minimum Gasteiger partial charge on any atom is -0.493 e. The Morgan fingerprint density at radius 2 is 1.86 bits per heavy atom. The van der Waals surface area contributed by atoms with Gasteiger partial charge in [-0.1, -0.05) is 6.07 Å². The van der Waals surface area contributed by atoms with E-state index in [2.05, 4.69) is 10.4 Å². The van der Waals surface area contributed by atoms with Crippen molar-refractivity contribution in [2.45, 2.75) is 13.1 Å². The Bertz CT molecular complexity index is 914. The number of hydrazone groups is 1. The van der Waals surface area contributed by atoms with Crippen LogP contribution in [0.1, 0.15) is 18.1 Å². The van der Waals surface area contributed by atoms with E-state index in [1.807, 2.05) is 12.3 Å². The molecular weight excluding hydrogens is 391 g/mol. The highest BCUT2D eigenvalue weighted by molar-refractivity contribution is 6.39. The van der Waals surface area contributed by atoms with Crippen molar-refractivity contribution in [3.05, 3.63) is 53.6 Å². The van der Waals surface area contributed by atoms with E-state index < -0.39 is 23.6 Å². The van der Waals surface area contributed by atoms with E-state index in [4.69, 9.17) is 9.47 Å². The smallest absolute Gasteiger partial charge is 0.416 e. The number of hydrogen-bond acceptors (Lipinski definition) is 5. The summed E-state index contributed by atoms with van der Waals surface area (Å²) in [5.41, 5.74) is 1.44. The lowest BCUT2D eigenvalue weighted by Gasteiger charge is -2.09. The number of methoxy groups -OCH3 is 1. The molecule has 0 saturated carbocycles. The van der Waals surface area contributed by atoms with E-state index in [0.29, 0.717) is 23.7 Å². The van der Waals surface area contributed by atoms with Gasteiger partial charge in [0, 0.05) is 5.69 Å². The molecule has 0 radical (unpaired) electrons. The van der Waals surface area contributed by atoms with Crippen molar-refractivity contribution in [2.24, 2.45) is 5.10 Å². The minimum absolute atomic E-state index is 0.166. The van der Waals surface area contributed by atoms with Crippen molar-refractivity contribution in [1.29, 1.82) is 0 Å². The van der Waals surface area contributed by atoms with E-state index in [0.717, 1.165) is 18.2 Å². The first-order chi connectivity index (χ1) is 13.7. The molecule has 0 saturated heterocycles. The number of amides is 2. The van der Waals surface area contributed by atoms with Gasteiger partial charge in [0.1, 0.15) is 0 Å². The molecule has 0 aliphatic rings. The monoisotopic (exact) mass is 409 g/mol. The maximum absolute atomic E-state index is 12.7. The van der Waals surface area contributed by atoms with Gasteiger partial charge in [0.15, 0.2) is 11.5 Å². The Labute approximate surface area is 164 Å². The third-order valence-corrected chi connectivity index (χ3v) is 3.52. The van der Waals surface area contributed by atoms with Gasteiger partial charge in [-0.25, -0.2) is 5.43 Å². The van der Waals surface area contributed by atoms with Crippen molar-refractivity contribution in [3.63, 3.8) is 0 Å². The van der Waals surface area contributed by atoms with Gasteiger partial charge < -0.3 is 14.8 Å². The summed E-state index contributed by atoms with van der Waals surface area (Å²) in [5.74, 6) is -1.30. The number of alkyl halides is 3. The van der Waals surface area contributed by atoms with Gasteiger partial charge in [-0.2, -0.15) is 18.3 Å². The third-order valence-electron chi connectivity index (χ3n) is 3.52. The Balaban J connectivity index is 1.97. The van der Waals surface area contributed by atoms with Gasteiger partial charge >= 0.3 is 18.0 Å². The van der Waals surface area contributed by atoms with Crippen LogP contribution >= 0.6 is 0 Å². The SMILES string of the molecule is CCOc1ccc(/C=N\NC(=O)C(=O)Nc2cccc(C(F)(F)F)c2)cc1OC. The van der Waals surface area contributed by atoms with Crippen LogP contribution in [0, 0.1) is 0 Å². The second-order valence-corrected chi connectivity index (χ2v) is 5.58. The minimum atomic E-state index is -4.56. The van der Waals surface area contributed by atoms with Crippen molar-refractivity contribution in [3.8, 4) is 11.5 Å². The zero-order chi connectivity index (χ0) is 21.4. The molecule has 0 atom stereocenters. The predicted molar refractivity (Wildman–Crippen MR) is 100.0 cm³/mol. The van der Waals surface area contributed by atoms with E-state index in [-0.39, 0.29) is 5.69 Å². The highest BCUT2D eigenvalue weighted by Crippen LogP contribution is 2.30. The Morgan fingerprint density at radius 3 is 2.52 bits per heavy atom. The van der Waals surface area contributed by atoms with Crippen LogP contribution in [0.15, 0.2) is 47.6 Å². The summed E-state index contributed by atoms with van der Waals surface area (Å²) in [5, 5.41) is 5.73. The number of anilines is 1. The molecule has 0 aliphatic carbocycles. The fourth-order valence-electron chi connectivity index (χ4n) is 2.22. The van der Waals surface area contributed by atoms with Gasteiger partial charge in [-0.15, -0.1) is 0 Å². The number of rotatable bonds is 6. The maximum atomic E-state index is 12.7. The zero-order valence-electron chi connectivity index (χ0n) is 15.5. The van der Waals surface area contributed by atoms with E-state index in [9.17, 15) is 22.8 Å². The van der Waals surface area contributed by atoms with Crippen molar-refractivity contribution >= 4 is 23.7 Å². The standard InChI is InChI=1S/C19H18F3N3O4/c1-3-29-15-8-7-12(9-16(15)28-2)11-23-25-18(27)17(26)24-14-6-4-5-13(10-14)19(20,21)22/h4-11H,3H2,1-2H3,(H,24,26)(H,25,27)/b23-11-. The molecule has 154 valence electrons. The van der Waals surface area contributed by atoms with Crippen LogP contribution in [0.3, 0.4) is 0 Å². The highest BCUT2D eigenvalue weighted by atomic mass is 19.4. The summed E-state index contributed by atoms with van der Waals surface area (Å²) in [6.07, 6.45) is -3.29. The summed E-state index contributed by atoms with van der Waals surface area (Å²) < 4.78 is 48.6. The molecule has 29 heavy (non-hydrogen) atoms. The van der Waals surface area contributed by atoms with Crippen LogP contribution < -0.4 is 20.2 Å². The van der Waals surface area contributed by atoms with Crippen LogP contribution in [-0.4, -0.2) is 31.7 Å². The molecule has 0 fully saturated rings. The van der Waals surface area contributed by atoms with E-state index >= 15 is 0 Å². The van der Waals surface area contributed by atoms with Crippen LogP contribution in [-0.2, 0) is 15.8 Å². The second kappa shape index (κ2) is 9.58. The second-order valence-electron chi connectivity index (χ2n) is 5.58. The fourth-order valence-corrected chi connectivity index (χ4v) is 2.22. The maximum Gasteiger partial charge on any atom is 0.416 e. The molecule has 0 unspecified atom stereocenters. The number of nitrogens with one attached hydrogen (secondary N) is 2. The van der Waals surface area contributed by atoms with Crippen molar-refractivity contribution in [2.75, 3.05) is 19.0 Å². The number of ether oxygens (including phenoxy) is 2. The van der Waals surface area contributed by atoms with Gasteiger partial charge in [0.25, 0.3) is 0 Å². The average Bonchev–Trinajstić information content (AvgIpc) is 2.68. The number of hydrogen-bond donors (Lipinski definition) is 2. The quantitative estimate of drug-likeness (QED) is 0.436. The first-order valence-electron chi connectivity index (χ1n) is 8.37. The molecule has 0 aliphatic heterocycles. The summed E-state index contributed by atoms with van der Waals surface area (Å²) in [4.78, 5) is 23.6. The Kier molecular flexibility index (Phi) is 7.18. The lowest BCUT2D eigenvalue weighted by molar-refractivity contribution is -0.137. The molecule has 0 spiro atoms. The third kappa shape index (κ3) is 6.23. The molecule has 2 N–H and O–H groups in total. The van der Waals surface area contributed by atoms with Gasteiger partial charge in [0.2, 0.25) is 0 Å². The fraction of sp³-hybridized carbons (Fsp3) is 0.211. The van der Waals surface area contributed by atoms with Gasteiger partial charge in [-0.05, 0) is 48.9 Å². The van der Waals surface area contributed by atoms with E-state index in [1.165, 1.54) is 19.4 Å².